The largest absolute Gasteiger partial charge is 0.417 e. The van der Waals surface area contributed by atoms with E-state index < -0.39 is 28.7 Å². The average molecular weight is 301 g/mol. The molecule has 1 saturated carbocycles. The number of methoxy groups -OCH3 is 1. The van der Waals surface area contributed by atoms with Crippen LogP contribution < -0.4 is 0 Å². The molecule has 6 heteroatoms. The molecule has 116 valence electrons. The molecular formula is C15H18F3NO2. The number of aromatic nitrogens is 1. The maximum absolute atomic E-state index is 13.1. The fraction of sp³-hybridized carbons (Fsp3) is 0.600. The molecule has 0 amide bonds. The number of hydrogen-bond acceptors (Lipinski definition) is 3. The van der Waals surface area contributed by atoms with Crippen molar-refractivity contribution in [2.75, 3.05) is 7.11 Å². The number of nitrogens with zero attached hydrogens (tertiary/aromatic N) is 1. The lowest BCUT2D eigenvalue weighted by Gasteiger charge is -2.30. The number of ketones is 1. The Morgan fingerprint density at radius 3 is 2.38 bits per heavy atom. The van der Waals surface area contributed by atoms with Gasteiger partial charge >= 0.3 is 6.18 Å². The van der Waals surface area contributed by atoms with Gasteiger partial charge in [-0.1, -0.05) is 25.7 Å². The summed E-state index contributed by atoms with van der Waals surface area (Å²) < 4.78 is 44.6. The van der Waals surface area contributed by atoms with Crippen molar-refractivity contribution in [2.45, 2.75) is 50.3 Å². The van der Waals surface area contributed by atoms with Gasteiger partial charge in [-0.05, 0) is 18.9 Å². The van der Waals surface area contributed by atoms with E-state index in [4.69, 9.17) is 4.74 Å². The number of carbonyl (C=O) groups is 1. The summed E-state index contributed by atoms with van der Waals surface area (Å²) in [6, 6.07) is 0.841. The van der Waals surface area contributed by atoms with Crippen LogP contribution in [0, 0.1) is 0 Å². The van der Waals surface area contributed by atoms with E-state index in [0.717, 1.165) is 44.1 Å². The zero-order valence-corrected chi connectivity index (χ0v) is 11.9. The molecule has 2 rings (SSSR count). The van der Waals surface area contributed by atoms with Crippen LogP contribution in [0.1, 0.15) is 54.4 Å². The molecule has 0 aromatic carbocycles. The minimum atomic E-state index is -4.58. The van der Waals surface area contributed by atoms with Gasteiger partial charge in [0.2, 0.25) is 0 Å². The molecule has 0 radical (unpaired) electrons. The molecule has 1 aliphatic carbocycles. The third kappa shape index (κ3) is 3.26. The first kappa shape index (κ1) is 15.9. The summed E-state index contributed by atoms with van der Waals surface area (Å²) in [5, 5.41) is 0. The molecule has 0 bridgehead atoms. The molecule has 0 unspecified atom stereocenters. The summed E-state index contributed by atoms with van der Waals surface area (Å²) in [5.74, 6) is -0.604. The van der Waals surface area contributed by atoms with E-state index in [0.29, 0.717) is 12.8 Å². The fourth-order valence-electron chi connectivity index (χ4n) is 2.89. The maximum atomic E-state index is 13.1. The zero-order valence-electron chi connectivity index (χ0n) is 11.9. The standard InChI is InChI=1S/C15H18F3NO2/c1-21-14(7-4-2-3-5-8-14)13(20)11-10-19-9-6-12(11)15(16,17)18/h6,9-10H,2-5,7-8H2,1H3. The second-order valence-corrected chi connectivity index (χ2v) is 5.36. The molecule has 0 spiro atoms. The normalized spacial score (nSPS) is 19.0. The molecule has 1 aliphatic rings. The predicted octanol–water partition coefficient (Wildman–Crippen LogP) is 4.02. The van der Waals surface area contributed by atoms with E-state index in [-0.39, 0.29) is 0 Å². The Kier molecular flexibility index (Phi) is 4.66. The summed E-state index contributed by atoms with van der Waals surface area (Å²) in [6.45, 7) is 0. The first-order chi connectivity index (χ1) is 9.91. The van der Waals surface area contributed by atoms with Gasteiger partial charge in [0.1, 0.15) is 5.60 Å². The van der Waals surface area contributed by atoms with E-state index in [1.807, 2.05) is 0 Å². The van der Waals surface area contributed by atoms with Crippen LogP contribution in [0.4, 0.5) is 13.2 Å². The molecular weight excluding hydrogens is 283 g/mol. The molecule has 0 saturated heterocycles. The van der Waals surface area contributed by atoms with E-state index >= 15 is 0 Å². The number of carbonyl (C=O) groups excluding carboxylic acids is 1. The number of hydrogen-bond donors (Lipinski definition) is 0. The lowest BCUT2D eigenvalue weighted by Crippen LogP contribution is -2.41. The summed E-state index contributed by atoms with van der Waals surface area (Å²) >= 11 is 0. The van der Waals surface area contributed by atoms with Crippen LogP contribution in [0.3, 0.4) is 0 Å². The SMILES string of the molecule is COC1(C(=O)c2cnccc2C(F)(F)F)CCCCCC1. The Labute approximate surface area is 121 Å². The van der Waals surface area contributed by atoms with Crippen molar-refractivity contribution in [1.29, 1.82) is 0 Å². The molecule has 21 heavy (non-hydrogen) atoms. The lowest BCUT2D eigenvalue weighted by molar-refractivity contribution is -0.138. The van der Waals surface area contributed by atoms with Gasteiger partial charge in [-0.3, -0.25) is 9.78 Å². The second-order valence-electron chi connectivity index (χ2n) is 5.36. The molecule has 0 aliphatic heterocycles. The number of ether oxygens (including phenoxy) is 1. The summed E-state index contributed by atoms with van der Waals surface area (Å²) in [5.41, 5.74) is -2.49. The van der Waals surface area contributed by atoms with Crippen molar-refractivity contribution in [3.63, 3.8) is 0 Å². The van der Waals surface area contributed by atoms with Crippen molar-refractivity contribution < 1.29 is 22.7 Å². The molecule has 1 heterocycles. The van der Waals surface area contributed by atoms with Crippen LogP contribution >= 0.6 is 0 Å². The number of Topliss-reactive ketones (excluding diaryl/α,β-unsaturated/α-hetero) is 1. The summed E-state index contributed by atoms with van der Waals surface area (Å²) in [6.07, 6.45) is 1.87. The van der Waals surface area contributed by atoms with Crippen molar-refractivity contribution >= 4 is 5.78 Å². The molecule has 1 aromatic rings. The Bertz CT molecular complexity index is 506. The van der Waals surface area contributed by atoms with Gasteiger partial charge in [0.05, 0.1) is 11.1 Å². The van der Waals surface area contributed by atoms with Gasteiger partial charge in [-0.25, -0.2) is 0 Å². The molecule has 3 nitrogen and oxygen atoms in total. The highest BCUT2D eigenvalue weighted by Crippen LogP contribution is 2.37. The quantitative estimate of drug-likeness (QED) is 0.625. The van der Waals surface area contributed by atoms with Gasteiger partial charge < -0.3 is 4.74 Å². The van der Waals surface area contributed by atoms with Crippen LogP contribution in [0.2, 0.25) is 0 Å². The molecule has 1 fully saturated rings. The van der Waals surface area contributed by atoms with Crippen LogP contribution in [0.25, 0.3) is 0 Å². The maximum Gasteiger partial charge on any atom is 0.417 e. The van der Waals surface area contributed by atoms with Crippen LogP contribution in [-0.2, 0) is 10.9 Å². The van der Waals surface area contributed by atoms with E-state index in [2.05, 4.69) is 4.98 Å². The van der Waals surface area contributed by atoms with Crippen LogP contribution in [0.5, 0.6) is 0 Å². The third-order valence-corrected chi connectivity index (χ3v) is 4.09. The predicted molar refractivity (Wildman–Crippen MR) is 71.0 cm³/mol. The van der Waals surface area contributed by atoms with Crippen LogP contribution in [-0.4, -0.2) is 23.5 Å². The second kappa shape index (κ2) is 6.13. The smallest absolute Gasteiger partial charge is 0.370 e. The van der Waals surface area contributed by atoms with Gasteiger partial charge in [0.25, 0.3) is 0 Å². The van der Waals surface area contributed by atoms with E-state index in [1.54, 1.807) is 0 Å². The molecule has 1 aromatic heterocycles. The van der Waals surface area contributed by atoms with Gasteiger partial charge in [-0.2, -0.15) is 13.2 Å². The number of pyridine rings is 1. The minimum absolute atomic E-state index is 0.395. The van der Waals surface area contributed by atoms with Gasteiger partial charge in [0, 0.05) is 19.5 Å². The van der Waals surface area contributed by atoms with E-state index in [9.17, 15) is 18.0 Å². The average Bonchev–Trinajstić information content (AvgIpc) is 2.72. The molecule has 0 N–H and O–H groups in total. The topological polar surface area (TPSA) is 39.2 Å². The molecule has 0 atom stereocenters. The van der Waals surface area contributed by atoms with E-state index in [1.165, 1.54) is 7.11 Å². The van der Waals surface area contributed by atoms with Gasteiger partial charge in [-0.15, -0.1) is 0 Å². The summed E-state index contributed by atoms with van der Waals surface area (Å²) in [7, 11) is 1.40. The lowest BCUT2D eigenvalue weighted by atomic mass is 9.84. The zero-order chi connectivity index (χ0) is 15.5. The Morgan fingerprint density at radius 1 is 1.24 bits per heavy atom. The van der Waals surface area contributed by atoms with Crippen LogP contribution in [0.15, 0.2) is 18.5 Å². The van der Waals surface area contributed by atoms with Gasteiger partial charge in [0.15, 0.2) is 5.78 Å². The highest BCUT2D eigenvalue weighted by atomic mass is 19.4. The summed E-state index contributed by atoms with van der Waals surface area (Å²) in [4.78, 5) is 16.4. The first-order valence-electron chi connectivity index (χ1n) is 7.02. The highest BCUT2D eigenvalue weighted by molar-refractivity contribution is 6.03. The third-order valence-electron chi connectivity index (χ3n) is 4.09. The Morgan fingerprint density at radius 2 is 1.86 bits per heavy atom. The van der Waals surface area contributed by atoms with Crippen molar-refractivity contribution in [1.82, 2.24) is 4.98 Å². The van der Waals surface area contributed by atoms with Crippen molar-refractivity contribution in [3.05, 3.63) is 29.6 Å². The number of halogens is 3. The van der Waals surface area contributed by atoms with Crippen molar-refractivity contribution in [2.24, 2.45) is 0 Å². The van der Waals surface area contributed by atoms with Crippen molar-refractivity contribution in [3.8, 4) is 0 Å². The first-order valence-corrected chi connectivity index (χ1v) is 7.02. The Hall–Kier alpha value is -1.43. The fourth-order valence-corrected chi connectivity index (χ4v) is 2.89. The Balaban J connectivity index is 2.43. The highest BCUT2D eigenvalue weighted by Gasteiger charge is 2.43. The number of alkyl halides is 3. The minimum Gasteiger partial charge on any atom is -0.370 e. The monoisotopic (exact) mass is 301 g/mol. The number of rotatable bonds is 3.